The molecule has 5 heteroatoms. The molecule has 0 saturated carbocycles. The van der Waals surface area contributed by atoms with Crippen molar-refractivity contribution < 1.29 is 14.6 Å². The number of para-hydroxylation sites is 2. The smallest absolute Gasteiger partial charge is 0.337 e. The van der Waals surface area contributed by atoms with Crippen LogP contribution >= 0.6 is 0 Å². The van der Waals surface area contributed by atoms with Crippen LogP contribution in [0.1, 0.15) is 29.8 Å². The maximum absolute atomic E-state index is 11.1. The SMILES string of the molecule is CC(C)Oc1ccccc1C=NNc1ccccc1C(=O)O. The van der Waals surface area contributed by atoms with Crippen molar-refractivity contribution >= 4 is 17.9 Å². The lowest BCUT2D eigenvalue weighted by atomic mass is 10.2. The number of rotatable bonds is 6. The summed E-state index contributed by atoms with van der Waals surface area (Å²) in [5.74, 6) is -0.267. The second-order valence-electron chi connectivity index (χ2n) is 4.93. The summed E-state index contributed by atoms with van der Waals surface area (Å²) < 4.78 is 5.70. The Kier molecular flexibility index (Phi) is 5.14. The monoisotopic (exact) mass is 298 g/mol. The van der Waals surface area contributed by atoms with Crippen LogP contribution in [0.4, 0.5) is 5.69 Å². The van der Waals surface area contributed by atoms with Crippen LogP contribution < -0.4 is 10.2 Å². The molecule has 0 heterocycles. The molecule has 0 radical (unpaired) electrons. The van der Waals surface area contributed by atoms with Gasteiger partial charge in [-0.05, 0) is 38.1 Å². The fourth-order valence-corrected chi connectivity index (χ4v) is 1.89. The lowest BCUT2D eigenvalue weighted by Gasteiger charge is -2.11. The first kappa shape index (κ1) is 15.6. The van der Waals surface area contributed by atoms with Crippen molar-refractivity contribution in [1.82, 2.24) is 0 Å². The minimum absolute atomic E-state index is 0.0650. The van der Waals surface area contributed by atoms with Crippen LogP contribution in [-0.4, -0.2) is 23.4 Å². The molecule has 0 saturated heterocycles. The minimum Gasteiger partial charge on any atom is -0.490 e. The van der Waals surface area contributed by atoms with Crippen LogP contribution in [0.5, 0.6) is 5.75 Å². The van der Waals surface area contributed by atoms with E-state index in [-0.39, 0.29) is 11.7 Å². The summed E-state index contributed by atoms with van der Waals surface area (Å²) in [5, 5.41) is 13.2. The Labute approximate surface area is 129 Å². The molecular weight excluding hydrogens is 280 g/mol. The zero-order valence-electron chi connectivity index (χ0n) is 12.5. The van der Waals surface area contributed by atoms with E-state index in [0.717, 1.165) is 11.3 Å². The number of aromatic carboxylic acids is 1. The quantitative estimate of drug-likeness (QED) is 0.631. The Hall–Kier alpha value is -2.82. The highest BCUT2D eigenvalue weighted by atomic mass is 16.5. The van der Waals surface area contributed by atoms with Gasteiger partial charge in [0.15, 0.2) is 0 Å². The van der Waals surface area contributed by atoms with Gasteiger partial charge < -0.3 is 9.84 Å². The number of anilines is 1. The molecule has 0 aromatic heterocycles. The third kappa shape index (κ3) is 4.09. The fourth-order valence-electron chi connectivity index (χ4n) is 1.89. The summed E-state index contributed by atoms with van der Waals surface area (Å²) >= 11 is 0. The molecule has 0 unspecified atom stereocenters. The minimum atomic E-state index is -0.998. The van der Waals surface area contributed by atoms with E-state index in [4.69, 9.17) is 9.84 Å². The molecule has 0 aliphatic carbocycles. The highest BCUT2D eigenvalue weighted by Crippen LogP contribution is 2.18. The van der Waals surface area contributed by atoms with E-state index in [0.29, 0.717) is 5.69 Å². The number of nitrogens with zero attached hydrogens (tertiary/aromatic N) is 1. The lowest BCUT2D eigenvalue weighted by Crippen LogP contribution is -2.07. The Morgan fingerprint density at radius 2 is 1.86 bits per heavy atom. The third-order valence-corrected chi connectivity index (χ3v) is 2.83. The number of hydrogen-bond acceptors (Lipinski definition) is 4. The maximum atomic E-state index is 11.1. The molecule has 114 valence electrons. The number of hydrazone groups is 1. The Bertz CT molecular complexity index is 681. The predicted octanol–water partition coefficient (Wildman–Crippen LogP) is 3.62. The highest BCUT2D eigenvalue weighted by molar-refractivity contribution is 5.94. The first-order valence-electron chi connectivity index (χ1n) is 6.95. The van der Waals surface area contributed by atoms with E-state index in [1.54, 1.807) is 24.4 Å². The first-order valence-corrected chi connectivity index (χ1v) is 6.95. The van der Waals surface area contributed by atoms with Crippen molar-refractivity contribution in [3.05, 3.63) is 59.7 Å². The molecule has 0 aliphatic rings. The zero-order chi connectivity index (χ0) is 15.9. The van der Waals surface area contributed by atoms with Crippen LogP contribution in [0.15, 0.2) is 53.6 Å². The molecule has 0 bridgehead atoms. The van der Waals surface area contributed by atoms with Gasteiger partial charge in [0.1, 0.15) is 5.75 Å². The van der Waals surface area contributed by atoms with Gasteiger partial charge in [0.05, 0.1) is 23.6 Å². The van der Waals surface area contributed by atoms with Gasteiger partial charge in [-0.25, -0.2) is 4.79 Å². The van der Waals surface area contributed by atoms with Crippen LogP contribution in [0.3, 0.4) is 0 Å². The van der Waals surface area contributed by atoms with Crippen molar-refractivity contribution in [2.75, 3.05) is 5.43 Å². The van der Waals surface area contributed by atoms with Crippen molar-refractivity contribution in [2.45, 2.75) is 20.0 Å². The number of nitrogens with one attached hydrogen (secondary N) is 1. The molecule has 22 heavy (non-hydrogen) atoms. The average Bonchev–Trinajstić information content (AvgIpc) is 2.49. The maximum Gasteiger partial charge on any atom is 0.337 e. The summed E-state index contributed by atoms with van der Waals surface area (Å²) in [4.78, 5) is 11.1. The Morgan fingerprint density at radius 3 is 2.59 bits per heavy atom. The van der Waals surface area contributed by atoms with Gasteiger partial charge in [0.25, 0.3) is 0 Å². The molecule has 0 amide bonds. The van der Waals surface area contributed by atoms with E-state index >= 15 is 0 Å². The number of carboxylic acids is 1. The summed E-state index contributed by atoms with van der Waals surface area (Å²) in [6.07, 6.45) is 1.67. The van der Waals surface area contributed by atoms with Crippen molar-refractivity contribution in [2.24, 2.45) is 5.10 Å². The Balaban J connectivity index is 2.15. The number of hydrogen-bond donors (Lipinski definition) is 2. The topological polar surface area (TPSA) is 70.9 Å². The van der Waals surface area contributed by atoms with Gasteiger partial charge in [-0.1, -0.05) is 24.3 Å². The second-order valence-corrected chi connectivity index (χ2v) is 4.93. The number of carbonyl (C=O) groups is 1. The Morgan fingerprint density at radius 1 is 1.18 bits per heavy atom. The van der Waals surface area contributed by atoms with Crippen molar-refractivity contribution in [1.29, 1.82) is 0 Å². The molecule has 2 aromatic carbocycles. The van der Waals surface area contributed by atoms with Gasteiger partial charge in [-0.3, -0.25) is 5.43 Å². The average molecular weight is 298 g/mol. The lowest BCUT2D eigenvalue weighted by molar-refractivity contribution is 0.0698. The standard InChI is InChI=1S/C17H18N2O3/c1-12(2)22-16-10-6-3-7-13(16)11-18-19-15-9-5-4-8-14(15)17(20)21/h3-12,19H,1-2H3,(H,20,21). The van der Waals surface area contributed by atoms with Crippen LogP contribution in [0.25, 0.3) is 0 Å². The summed E-state index contributed by atoms with van der Waals surface area (Å²) in [7, 11) is 0. The largest absolute Gasteiger partial charge is 0.490 e. The van der Waals surface area contributed by atoms with E-state index in [1.807, 2.05) is 38.1 Å². The fraction of sp³-hybridized carbons (Fsp3) is 0.176. The van der Waals surface area contributed by atoms with Crippen molar-refractivity contribution in [3.63, 3.8) is 0 Å². The third-order valence-electron chi connectivity index (χ3n) is 2.83. The van der Waals surface area contributed by atoms with Gasteiger partial charge in [0.2, 0.25) is 0 Å². The van der Waals surface area contributed by atoms with E-state index < -0.39 is 5.97 Å². The highest BCUT2D eigenvalue weighted by Gasteiger charge is 2.08. The van der Waals surface area contributed by atoms with Gasteiger partial charge >= 0.3 is 5.97 Å². The van der Waals surface area contributed by atoms with Crippen LogP contribution in [0, 0.1) is 0 Å². The summed E-state index contributed by atoms with van der Waals surface area (Å²) in [6.45, 7) is 3.91. The van der Waals surface area contributed by atoms with E-state index in [9.17, 15) is 4.79 Å². The van der Waals surface area contributed by atoms with Gasteiger partial charge in [0, 0.05) is 5.56 Å². The molecule has 5 nitrogen and oxygen atoms in total. The van der Waals surface area contributed by atoms with Gasteiger partial charge in [-0.15, -0.1) is 0 Å². The molecule has 0 fully saturated rings. The number of benzene rings is 2. The molecule has 2 rings (SSSR count). The normalized spacial score (nSPS) is 10.9. The first-order chi connectivity index (χ1) is 10.6. The molecule has 0 atom stereocenters. The van der Waals surface area contributed by atoms with Crippen LogP contribution in [0.2, 0.25) is 0 Å². The molecule has 2 aromatic rings. The summed E-state index contributed by atoms with van der Waals surface area (Å²) in [5.41, 5.74) is 4.18. The van der Waals surface area contributed by atoms with E-state index in [1.165, 1.54) is 6.07 Å². The molecule has 0 aliphatic heterocycles. The van der Waals surface area contributed by atoms with Crippen LogP contribution in [-0.2, 0) is 0 Å². The number of ether oxygens (including phenoxy) is 1. The summed E-state index contributed by atoms with van der Waals surface area (Å²) in [6, 6.07) is 14.1. The molecule has 2 N–H and O–H groups in total. The van der Waals surface area contributed by atoms with Crippen molar-refractivity contribution in [3.8, 4) is 5.75 Å². The number of carboxylic acid groups (broad SMARTS) is 1. The molecule has 0 spiro atoms. The van der Waals surface area contributed by atoms with Gasteiger partial charge in [-0.2, -0.15) is 5.10 Å². The second kappa shape index (κ2) is 7.26. The zero-order valence-corrected chi connectivity index (χ0v) is 12.5. The predicted molar refractivity (Wildman–Crippen MR) is 86.8 cm³/mol. The molecular formula is C17H18N2O3. The van der Waals surface area contributed by atoms with E-state index in [2.05, 4.69) is 10.5 Å².